The van der Waals surface area contributed by atoms with E-state index in [1.807, 2.05) is 13.8 Å². The first kappa shape index (κ1) is 10.8. The van der Waals surface area contributed by atoms with Gasteiger partial charge in [0.1, 0.15) is 0 Å². The van der Waals surface area contributed by atoms with Gasteiger partial charge >= 0.3 is 5.97 Å². The largest absolute Gasteiger partial charge is 0.477 e. The van der Waals surface area contributed by atoms with Gasteiger partial charge in [-0.05, 0) is 26.7 Å². The monoisotopic (exact) mass is 250 g/mol. The SMILES string of the molecule is Cc1sc2nc(C3(C)CC3)c(C(=O)O)n2c1C. The van der Waals surface area contributed by atoms with Gasteiger partial charge in [-0.2, -0.15) is 0 Å². The fraction of sp³-hybridized carbons (Fsp3) is 0.500. The fourth-order valence-electron chi connectivity index (χ4n) is 2.19. The van der Waals surface area contributed by atoms with E-state index in [-0.39, 0.29) is 5.41 Å². The predicted molar refractivity (Wildman–Crippen MR) is 66.1 cm³/mol. The highest BCUT2D eigenvalue weighted by Gasteiger charge is 2.45. The van der Waals surface area contributed by atoms with Crippen LogP contribution in [0.4, 0.5) is 0 Å². The summed E-state index contributed by atoms with van der Waals surface area (Å²) in [5.41, 5.74) is 2.10. The maximum atomic E-state index is 11.5. The Morgan fingerprint density at radius 2 is 2.12 bits per heavy atom. The molecule has 0 spiro atoms. The molecule has 1 fully saturated rings. The zero-order valence-corrected chi connectivity index (χ0v) is 10.9. The van der Waals surface area contributed by atoms with E-state index >= 15 is 0 Å². The standard InChI is InChI=1S/C12H14N2O2S/c1-6-7(2)17-11-13-9(12(3)4-5-12)8(10(15)16)14(6)11/h4-5H2,1-3H3,(H,15,16). The van der Waals surface area contributed by atoms with Crippen molar-refractivity contribution in [1.82, 2.24) is 9.38 Å². The Bertz CT molecular complexity index is 635. The molecule has 0 saturated heterocycles. The van der Waals surface area contributed by atoms with Crippen molar-refractivity contribution in [2.75, 3.05) is 0 Å². The van der Waals surface area contributed by atoms with Crippen LogP contribution in [0, 0.1) is 13.8 Å². The van der Waals surface area contributed by atoms with E-state index in [4.69, 9.17) is 0 Å². The summed E-state index contributed by atoms with van der Waals surface area (Å²) in [6.45, 7) is 6.04. The van der Waals surface area contributed by atoms with Crippen molar-refractivity contribution in [2.45, 2.75) is 39.0 Å². The second-order valence-corrected chi connectivity index (χ2v) is 6.22. The molecule has 3 rings (SSSR count). The maximum absolute atomic E-state index is 11.5. The van der Waals surface area contributed by atoms with Crippen molar-refractivity contribution in [3.63, 3.8) is 0 Å². The number of fused-ring (bicyclic) bond motifs is 1. The van der Waals surface area contributed by atoms with Crippen LogP contribution in [0.25, 0.3) is 4.96 Å². The number of rotatable bonds is 2. The molecule has 17 heavy (non-hydrogen) atoms. The van der Waals surface area contributed by atoms with Gasteiger partial charge in [0.2, 0.25) is 0 Å². The highest BCUT2D eigenvalue weighted by Crippen LogP contribution is 2.49. The number of carbonyl (C=O) groups is 1. The Labute approximate surface area is 103 Å². The number of aromatic nitrogens is 2. The maximum Gasteiger partial charge on any atom is 0.354 e. The molecular weight excluding hydrogens is 236 g/mol. The van der Waals surface area contributed by atoms with Crippen molar-refractivity contribution >= 4 is 22.3 Å². The van der Waals surface area contributed by atoms with Gasteiger partial charge in [-0.15, -0.1) is 11.3 Å². The average Bonchev–Trinajstić information content (AvgIpc) is 2.79. The number of carboxylic acids is 1. The van der Waals surface area contributed by atoms with Crippen LogP contribution in [-0.4, -0.2) is 20.5 Å². The quantitative estimate of drug-likeness (QED) is 0.891. The molecule has 0 atom stereocenters. The van der Waals surface area contributed by atoms with Gasteiger partial charge in [-0.3, -0.25) is 4.40 Å². The van der Waals surface area contributed by atoms with Crippen molar-refractivity contribution in [1.29, 1.82) is 0 Å². The van der Waals surface area contributed by atoms with E-state index in [1.165, 1.54) is 0 Å². The van der Waals surface area contributed by atoms with Crippen LogP contribution >= 0.6 is 11.3 Å². The lowest BCUT2D eigenvalue weighted by Crippen LogP contribution is -2.11. The molecule has 90 valence electrons. The second-order valence-electron chi connectivity index (χ2n) is 5.04. The van der Waals surface area contributed by atoms with Crippen LogP contribution in [0.5, 0.6) is 0 Å². The van der Waals surface area contributed by atoms with Gasteiger partial charge in [0.25, 0.3) is 0 Å². The molecule has 1 saturated carbocycles. The van der Waals surface area contributed by atoms with E-state index < -0.39 is 5.97 Å². The van der Waals surface area contributed by atoms with Crippen LogP contribution < -0.4 is 0 Å². The van der Waals surface area contributed by atoms with E-state index in [9.17, 15) is 9.90 Å². The molecule has 1 N–H and O–H groups in total. The Morgan fingerprint density at radius 1 is 1.47 bits per heavy atom. The summed E-state index contributed by atoms with van der Waals surface area (Å²) in [4.78, 5) is 18.0. The lowest BCUT2D eigenvalue weighted by Gasteiger charge is -2.06. The summed E-state index contributed by atoms with van der Waals surface area (Å²) in [5.74, 6) is -0.874. The summed E-state index contributed by atoms with van der Waals surface area (Å²) in [7, 11) is 0. The Hall–Kier alpha value is -1.36. The predicted octanol–water partition coefficient (Wildman–Crippen LogP) is 2.76. The molecule has 5 heteroatoms. The minimum absolute atomic E-state index is 0.0141. The molecular formula is C12H14N2O2S. The Kier molecular flexibility index (Phi) is 1.96. The number of carboxylic acid groups (broad SMARTS) is 1. The van der Waals surface area contributed by atoms with Gasteiger partial charge in [-0.1, -0.05) is 6.92 Å². The number of nitrogens with zero attached hydrogens (tertiary/aromatic N) is 2. The number of thiazole rings is 1. The van der Waals surface area contributed by atoms with Crippen LogP contribution in [0.1, 0.15) is 46.5 Å². The molecule has 2 aromatic rings. The number of hydrogen-bond acceptors (Lipinski definition) is 3. The second kappa shape index (κ2) is 3.10. The Balaban J connectivity index is 2.37. The van der Waals surface area contributed by atoms with Crippen molar-refractivity contribution < 1.29 is 9.90 Å². The number of aromatic carboxylic acids is 1. The molecule has 0 aliphatic heterocycles. The molecule has 0 radical (unpaired) electrons. The van der Waals surface area contributed by atoms with Crippen molar-refractivity contribution in [2.24, 2.45) is 0 Å². The Morgan fingerprint density at radius 3 is 2.65 bits per heavy atom. The number of hydrogen-bond donors (Lipinski definition) is 1. The smallest absolute Gasteiger partial charge is 0.354 e. The highest BCUT2D eigenvalue weighted by molar-refractivity contribution is 7.17. The van der Waals surface area contributed by atoms with Crippen molar-refractivity contribution in [3.8, 4) is 0 Å². The fourth-order valence-corrected chi connectivity index (χ4v) is 3.16. The van der Waals surface area contributed by atoms with Crippen LogP contribution in [0.2, 0.25) is 0 Å². The molecule has 1 aliphatic carbocycles. The molecule has 0 unspecified atom stereocenters. The van der Waals surface area contributed by atoms with Gasteiger partial charge in [0.15, 0.2) is 10.7 Å². The zero-order valence-electron chi connectivity index (χ0n) is 10.1. The van der Waals surface area contributed by atoms with Crippen LogP contribution in [0.3, 0.4) is 0 Å². The van der Waals surface area contributed by atoms with Gasteiger partial charge in [0.05, 0.1) is 5.69 Å². The third kappa shape index (κ3) is 1.35. The van der Waals surface area contributed by atoms with Gasteiger partial charge in [0, 0.05) is 16.0 Å². The van der Waals surface area contributed by atoms with Crippen LogP contribution in [0.15, 0.2) is 0 Å². The normalized spacial score (nSPS) is 17.6. The van der Waals surface area contributed by atoms with E-state index in [2.05, 4.69) is 11.9 Å². The lowest BCUT2D eigenvalue weighted by molar-refractivity contribution is 0.0687. The van der Waals surface area contributed by atoms with Gasteiger partial charge in [-0.25, -0.2) is 9.78 Å². The molecule has 4 nitrogen and oxygen atoms in total. The number of imidazole rings is 1. The first-order valence-corrected chi connectivity index (χ1v) is 6.48. The van der Waals surface area contributed by atoms with Crippen LogP contribution in [-0.2, 0) is 5.41 Å². The molecule has 1 aliphatic rings. The number of aryl methyl sites for hydroxylation is 2. The van der Waals surface area contributed by atoms with E-state index in [1.54, 1.807) is 15.7 Å². The summed E-state index contributed by atoms with van der Waals surface area (Å²) < 4.78 is 1.79. The summed E-state index contributed by atoms with van der Waals surface area (Å²) in [6, 6.07) is 0. The summed E-state index contributed by atoms with van der Waals surface area (Å²) in [5, 5.41) is 9.42. The van der Waals surface area contributed by atoms with Gasteiger partial charge < -0.3 is 5.11 Å². The van der Waals surface area contributed by atoms with Crippen molar-refractivity contribution in [3.05, 3.63) is 22.0 Å². The van der Waals surface area contributed by atoms with E-state index in [0.717, 1.165) is 34.1 Å². The zero-order chi connectivity index (χ0) is 12.4. The average molecular weight is 250 g/mol. The summed E-state index contributed by atoms with van der Waals surface area (Å²) >= 11 is 1.56. The molecule has 2 heterocycles. The third-order valence-corrected chi connectivity index (χ3v) is 4.77. The third-order valence-electron chi connectivity index (χ3n) is 3.71. The lowest BCUT2D eigenvalue weighted by atomic mass is 10.0. The molecule has 0 bridgehead atoms. The summed E-state index contributed by atoms with van der Waals surface area (Å²) in [6.07, 6.45) is 2.08. The minimum atomic E-state index is -0.874. The topological polar surface area (TPSA) is 54.6 Å². The van der Waals surface area contributed by atoms with E-state index in [0.29, 0.717) is 5.69 Å². The highest BCUT2D eigenvalue weighted by atomic mass is 32.1. The molecule has 0 aromatic carbocycles. The first-order chi connectivity index (χ1) is 7.94. The molecule has 2 aromatic heterocycles. The molecule has 0 amide bonds. The first-order valence-electron chi connectivity index (χ1n) is 5.66. The minimum Gasteiger partial charge on any atom is -0.477 e.